The van der Waals surface area contributed by atoms with Crippen LogP contribution in [0.3, 0.4) is 0 Å². The Kier molecular flexibility index (Phi) is 1.65. The number of rotatable bonds is 1. The first kappa shape index (κ1) is 5.78. The first-order valence-electron chi connectivity index (χ1n) is 1.93. The first-order chi connectivity index (χ1) is 3.80. The quantitative estimate of drug-likeness (QED) is 0.602. The second-order valence-corrected chi connectivity index (χ2v) is 2.44. The maximum atomic E-state index is 10.3. The second-order valence-electron chi connectivity index (χ2n) is 1.14. The Balaban J connectivity index is 2.93. The first-order valence-corrected chi connectivity index (χ1v) is 3.26. The van der Waals surface area contributed by atoms with Crippen molar-refractivity contribution >= 4 is 29.1 Å². The molecule has 42 valence electrons. The molecule has 0 saturated heterocycles. The van der Waals surface area contributed by atoms with Crippen LogP contribution in [0.1, 0.15) is 9.80 Å². The standard InChI is InChI=1S/C4H3NOS2/c6-4(7)3-5-1-2-8-3/h1-2H,(H,6,7). The lowest BCUT2D eigenvalue weighted by Crippen LogP contribution is -1.83. The summed E-state index contributed by atoms with van der Waals surface area (Å²) in [5.74, 6) is 0. The molecule has 0 bridgehead atoms. The smallest absolute Gasteiger partial charge is 0.244 e. The maximum Gasteiger partial charge on any atom is 0.244 e. The van der Waals surface area contributed by atoms with E-state index < -0.39 is 0 Å². The van der Waals surface area contributed by atoms with E-state index in [1.54, 1.807) is 11.6 Å². The number of aromatic nitrogens is 1. The van der Waals surface area contributed by atoms with Gasteiger partial charge in [-0.1, -0.05) is 12.6 Å². The molecule has 0 N–H and O–H groups in total. The molecule has 1 rings (SSSR count). The van der Waals surface area contributed by atoms with E-state index in [-0.39, 0.29) is 5.12 Å². The SMILES string of the molecule is O=C(S)c1nccs1. The van der Waals surface area contributed by atoms with Crippen molar-refractivity contribution in [3.63, 3.8) is 0 Å². The lowest BCUT2D eigenvalue weighted by Gasteiger charge is -1.76. The molecule has 1 aromatic rings. The predicted octanol–water partition coefficient (Wildman–Crippen LogP) is 1.21. The average molecular weight is 145 g/mol. The highest BCUT2D eigenvalue weighted by Gasteiger charge is 1.99. The molecule has 0 aliphatic rings. The molecular weight excluding hydrogens is 142 g/mol. The predicted molar refractivity (Wildman–Crippen MR) is 35.4 cm³/mol. The summed E-state index contributed by atoms with van der Waals surface area (Å²) in [6.07, 6.45) is 1.58. The van der Waals surface area contributed by atoms with Gasteiger partial charge in [-0.15, -0.1) is 11.3 Å². The van der Waals surface area contributed by atoms with Crippen molar-refractivity contribution in [2.45, 2.75) is 0 Å². The van der Waals surface area contributed by atoms with Crippen molar-refractivity contribution in [3.05, 3.63) is 16.6 Å². The van der Waals surface area contributed by atoms with Gasteiger partial charge in [0.2, 0.25) is 5.12 Å². The van der Waals surface area contributed by atoms with E-state index in [1.165, 1.54) is 11.3 Å². The monoisotopic (exact) mass is 145 g/mol. The summed E-state index contributed by atoms with van der Waals surface area (Å²) < 4.78 is 0. The van der Waals surface area contributed by atoms with Gasteiger partial charge in [0.1, 0.15) is 0 Å². The van der Waals surface area contributed by atoms with Crippen molar-refractivity contribution in [1.82, 2.24) is 4.98 Å². The third kappa shape index (κ3) is 1.08. The Hall–Kier alpha value is -0.350. The van der Waals surface area contributed by atoms with Crippen molar-refractivity contribution in [3.8, 4) is 0 Å². The van der Waals surface area contributed by atoms with Gasteiger partial charge in [-0.3, -0.25) is 4.79 Å². The minimum atomic E-state index is -0.264. The van der Waals surface area contributed by atoms with E-state index in [1.807, 2.05) is 0 Å². The molecule has 0 aliphatic heterocycles. The maximum absolute atomic E-state index is 10.3. The Morgan fingerprint density at radius 1 is 1.88 bits per heavy atom. The zero-order chi connectivity index (χ0) is 5.98. The molecule has 0 aliphatic carbocycles. The van der Waals surface area contributed by atoms with Gasteiger partial charge in [0.05, 0.1) is 0 Å². The van der Waals surface area contributed by atoms with Gasteiger partial charge in [0.25, 0.3) is 0 Å². The molecule has 0 aromatic carbocycles. The van der Waals surface area contributed by atoms with E-state index in [4.69, 9.17) is 0 Å². The van der Waals surface area contributed by atoms with Crippen LogP contribution in [0.5, 0.6) is 0 Å². The molecule has 0 saturated carbocycles. The highest BCUT2D eigenvalue weighted by molar-refractivity contribution is 7.97. The van der Waals surface area contributed by atoms with Gasteiger partial charge in [0, 0.05) is 11.6 Å². The van der Waals surface area contributed by atoms with Crippen LogP contribution in [-0.2, 0) is 0 Å². The largest absolute Gasteiger partial charge is 0.279 e. The number of nitrogens with zero attached hydrogens (tertiary/aromatic N) is 1. The summed E-state index contributed by atoms with van der Waals surface area (Å²) in [5.41, 5.74) is 0. The second kappa shape index (κ2) is 2.28. The minimum Gasteiger partial charge on any atom is -0.279 e. The van der Waals surface area contributed by atoms with Crippen LogP contribution in [-0.4, -0.2) is 10.1 Å². The third-order valence-electron chi connectivity index (χ3n) is 0.615. The van der Waals surface area contributed by atoms with Crippen LogP contribution in [0.25, 0.3) is 0 Å². The van der Waals surface area contributed by atoms with Crippen LogP contribution in [0, 0.1) is 0 Å². The average Bonchev–Trinajstić information content (AvgIpc) is 2.12. The summed E-state index contributed by atoms with van der Waals surface area (Å²) >= 11 is 4.86. The fourth-order valence-corrected chi connectivity index (χ4v) is 1.02. The van der Waals surface area contributed by atoms with Gasteiger partial charge in [0.15, 0.2) is 5.01 Å². The zero-order valence-electron chi connectivity index (χ0n) is 3.87. The van der Waals surface area contributed by atoms with Crippen molar-refractivity contribution in [2.24, 2.45) is 0 Å². The van der Waals surface area contributed by atoms with Crippen molar-refractivity contribution in [1.29, 1.82) is 0 Å². The van der Waals surface area contributed by atoms with Crippen molar-refractivity contribution in [2.75, 3.05) is 0 Å². The van der Waals surface area contributed by atoms with E-state index in [9.17, 15) is 4.79 Å². The fraction of sp³-hybridized carbons (Fsp3) is 0. The highest BCUT2D eigenvalue weighted by Crippen LogP contribution is 2.05. The van der Waals surface area contributed by atoms with Gasteiger partial charge >= 0.3 is 0 Å². The van der Waals surface area contributed by atoms with E-state index in [0.29, 0.717) is 5.01 Å². The van der Waals surface area contributed by atoms with Gasteiger partial charge in [-0.05, 0) is 0 Å². The summed E-state index contributed by atoms with van der Waals surface area (Å²) in [6, 6.07) is 0. The molecule has 2 nitrogen and oxygen atoms in total. The Labute approximate surface area is 56.0 Å². The number of hydrogen-bond acceptors (Lipinski definition) is 3. The third-order valence-corrected chi connectivity index (χ3v) is 1.75. The molecular formula is C4H3NOS2. The van der Waals surface area contributed by atoms with Crippen LogP contribution >= 0.6 is 24.0 Å². The van der Waals surface area contributed by atoms with E-state index in [2.05, 4.69) is 17.6 Å². The number of thiol groups is 1. The van der Waals surface area contributed by atoms with Crippen LogP contribution in [0.2, 0.25) is 0 Å². The van der Waals surface area contributed by atoms with Crippen LogP contribution in [0.15, 0.2) is 11.6 Å². The molecule has 4 heteroatoms. The summed E-state index contributed by atoms with van der Waals surface area (Å²) in [4.78, 5) is 14.0. The van der Waals surface area contributed by atoms with Gasteiger partial charge < -0.3 is 0 Å². The fourth-order valence-electron chi connectivity index (χ4n) is 0.329. The number of carbonyl (C=O) groups is 1. The van der Waals surface area contributed by atoms with Gasteiger partial charge in [-0.25, -0.2) is 4.98 Å². The number of carbonyl (C=O) groups excluding carboxylic acids is 1. The Morgan fingerprint density at radius 2 is 2.62 bits per heavy atom. The molecule has 1 aromatic heterocycles. The molecule has 0 radical (unpaired) electrons. The molecule has 0 atom stereocenters. The lowest BCUT2D eigenvalue weighted by atomic mass is 10.8. The normalized spacial score (nSPS) is 9.12. The molecule has 0 unspecified atom stereocenters. The number of hydrogen-bond donors (Lipinski definition) is 1. The molecule has 0 spiro atoms. The summed E-state index contributed by atoms with van der Waals surface area (Å²) in [5, 5.41) is 1.93. The zero-order valence-corrected chi connectivity index (χ0v) is 5.58. The summed E-state index contributed by atoms with van der Waals surface area (Å²) in [6.45, 7) is 0. The summed E-state index contributed by atoms with van der Waals surface area (Å²) in [7, 11) is 0. The topological polar surface area (TPSA) is 30.0 Å². The molecule has 1 heterocycles. The Bertz CT molecular complexity index is 182. The lowest BCUT2D eigenvalue weighted by molar-refractivity contribution is 0.109. The molecule has 0 fully saturated rings. The van der Waals surface area contributed by atoms with Gasteiger partial charge in [-0.2, -0.15) is 0 Å². The van der Waals surface area contributed by atoms with Crippen LogP contribution < -0.4 is 0 Å². The van der Waals surface area contributed by atoms with Crippen molar-refractivity contribution < 1.29 is 4.79 Å². The molecule has 0 amide bonds. The highest BCUT2D eigenvalue weighted by atomic mass is 32.1. The molecule has 8 heavy (non-hydrogen) atoms. The minimum absolute atomic E-state index is 0.264. The van der Waals surface area contributed by atoms with E-state index in [0.717, 1.165) is 0 Å². The Morgan fingerprint density at radius 3 is 2.88 bits per heavy atom. The van der Waals surface area contributed by atoms with Crippen LogP contribution in [0.4, 0.5) is 0 Å². The van der Waals surface area contributed by atoms with E-state index >= 15 is 0 Å². The number of thiazole rings is 1.